The average Bonchev–Trinajstić information content (AvgIpc) is 2.44. The van der Waals surface area contributed by atoms with Crippen molar-refractivity contribution >= 4 is 5.91 Å². The molecule has 2 fully saturated rings. The maximum absolute atomic E-state index is 11.4. The molecule has 0 spiro atoms. The summed E-state index contributed by atoms with van der Waals surface area (Å²) in [5, 5.41) is 12.3. The van der Waals surface area contributed by atoms with Gasteiger partial charge in [0.05, 0.1) is 0 Å². The molecule has 2 N–H and O–H groups in total. The Morgan fingerprint density at radius 2 is 2.50 bits per heavy atom. The van der Waals surface area contributed by atoms with E-state index >= 15 is 0 Å². The zero-order valence-electron chi connectivity index (χ0n) is 6.99. The van der Waals surface area contributed by atoms with Crippen molar-refractivity contribution in [3.63, 3.8) is 0 Å². The highest BCUT2D eigenvalue weighted by atomic mass is 16.3. The first-order valence-corrected chi connectivity index (χ1v) is 4.44. The predicted molar refractivity (Wildman–Crippen MR) is 43.6 cm³/mol. The summed E-state index contributed by atoms with van der Waals surface area (Å²) in [5.41, 5.74) is 0. The van der Waals surface area contributed by atoms with Gasteiger partial charge in [-0.25, -0.2) is 0 Å². The van der Waals surface area contributed by atoms with Gasteiger partial charge in [0.1, 0.15) is 0 Å². The van der Waals surface area contributed by atoms with E-state index in [1.165, 1.54) is 0 Å². The molecule has 0 aromatic heterocycles. The molecule has 0 bridgehead atoms. The highest BCUT2D eigenvalue weighted by molar-refractivity contribution is 5.79. The normalized spacial score (nSPS) is 35.4. The van der Waals surface area contributed by atoms with E-state index in [0.29, 0.717) is 6.42 Å². The van der Waals surface area contributed by atoms with Crippen LogP contribution in [-0.4, -0.2) is 48.2 Å². The Kier molecular flexibility index (Phi) is 2.02. The molecular weight excluding hydrogens is 156 g/mol. The molecule has 2 rings (SSSR count). The van der Waals surface area contributed by atoms with Crippen LogP contribution in [0, 0.1) is 5.92 Å². The molecule has 2 atom stereocenters. The van der Waals surface area contributed by atoms with E-state index in [9.17, 15) is 4.79 Å². The molecule has 0 aliphatic carbocycles. The number of carbonyl (C=O) groups excluding carboxylic acids is 1. The lowest BCUT2D eigenvalue weighted by Gasteiger charge is -2.32. The average molecular weight is 170 g/mol. The van der Waals surface area contributed by atoms with Gasteiger partial charge in [-0.1, -0.05) is 0 Å². The number of nitrogens with one attached hydrogen (secondary N) is 1. The van der Waals surface area contributed by atoms with Crippen LogP contribution in [0.25, 0.3) is 0 Å². The first-order valence-electron chi connectivity index (χ1n) is 4.44. The van der Waals surface area contributed by atoms with Crippen LogP contribution < -0.4 is 5.32 Å². The van der Waals surface area contributed by atoms with Crippen molar-refractivity contribution in [1.29, 1.82) is 0 Å². The zero-order valence-corrected chi connectivity index (χ0v) is 6.99. The van der Waals surface area contributed by atoms with Gasteiger partial charge in [0.2, 0.25) is 5.91 Å². The van der Waals surface area contributed by atoms with Crippen LogP contribution in [0.1, 0.15) is 6.42 Å². The van der Waals surface area contributed by atoms with E-state index in [1.54, 1.807) is 0 Å². The summed E-state index contributed by atoms with van der Waals surface area (Å²) in [5.74, 6) is 0.367. The van der Waals surface area contributed by atoms with Gasteiger partial charge in [-0.2, -0.15) is 0 Å². The smallest absolute Gasteiger partial charge is 0.223 e. The standard InChI is InChI=1S/C8H14N2O2/c11-5-6-3-8(12)10-2-1-9-4-7(6)10/h6-7,9,11H,1-5H2. The van der Waals surface area contributed by atoms with Crippen molar-refractivity contribution in [1.82, 2.24) is 10.2 Å². The second-order valence-corrected chi connectivity index (χ2v) is 3.51. The monoisotopic (exact) mass is 170 g/mol. The molecule has 0 saturated carbocycles. The van der Waals surface area contributed by atoms with Crippen LogP contribution in [-0.2, 0) is 4.79 Å². The van der Waals surface area contributed by atoms with E-state index < -0.39 is 0 Å². The quantitative estimate of drug-likeness (QED) is 0.519. The van der Waals surface area contributed by atoms with Gasteiger partial charge in [0.25, 0.3) is 0 Å². The topological polar surface area (TPSA) is 52.6 Å². The number of piperazine rings is 1. The van der Waals surface area contributed by atoms with E-state index in [1.807, 2.05) is 4.90 Å². The fraction of sp³-hybridized carbons (Fsp3) is 0.875. The highest BCUT2D eigenvalue weighted by Gasteiger charge is 2.40. The summed E-state index contributed by atoms with van der Waals surface area (Å²) in [6.45, 7) is 2.67. The Bertz CT molecular complexity index is 195. The number of nitrogens with zero attached hydrogens (tertiary/aromatic N) is 1. The molecule has 2 aliphatic heterocycles. The van der Waals surface area contributed by atoms with E-state index in [0.717, 1.165) is 19.6 Å². The van der Waals surface area contributed by atoms with Crippen LogP contribution in [0.5, 0.6) is 0 Å². The largest absolute Gasteiger partial charge is 0.396 e. The third-order valence-corrected chi connectivity index (χ3v) is 2.82. The molecule has 4 heteroatoms. The third-order valence-electron chi connectivity index (χ3n) is 2.82. The number of carbonyl (C=O) groups is 1. The lowest BCUT2D eigenvalue weighted by Crippen LogP contribution is -2.51. The molecule has 0 aromatic carbocycles. The predicted octanol–water partition coefficient (Wildman–Crippen LogP) is -1.20. The number of hydrogen-bond donors (Lipinski definition) is 2. The molecule has 0 aromatic rings. The van der Waals surface area contributed by atoms with Crippen LogP contribution in [0.15, 0.2) is 0 Å². The number of rotatable bonds is 1. The van der Waals surface area contributed by atoms with Gasteiger partial charge in [0.15, 0.2) is 0 Å². The van der Waals surface area contributed by atoms with E-state index in [4.69, 9.17) is 5.11 Å². The molecule has 0 radical (unpaired) electrons. The summed E-state index contributed by atoms with van der Waals surface area (Å²) in [4.78, 5) is 13.3. The maximum Gasteiger partial charge on any atom is 0.223 e. The molecule has 2 heterocycles. The minimum Gasteiger partial charge on any atom is -0.396 e. The van der Waals surface area contributed by atoms with Crippen molar-refractivity contribution in [2.45, 2.75) is 12.5 Å². The summed E-state index contributed by atoms with van der Waals surface area (Å²) in [7, 11) is 0. The Balaban J connectivity index is 2.10. The van der Waals surface area contributed by atoms with Gasteiger partial charge in [-0.05, 0) is 0 Å². The minimum absolute atomic E-state index is 0.134. The number of fused-ring (bicyclic) bond motifs is 1. The number of hydrogen-bond acceptors (Lipinski definition) is 3. The highest BCUT2D eigenvalue weighted by Crippen LogP contribution is 2.25. The van der Waals surface area contributed by atoms with Gasteiger partial charge < -0.3 is 15.3 Å². The van der Waals surface area contributed by atoms with Crippen molar-refractivity contribution in [3.05, 3.63) is 0 Å². The molecule has 12 heavy (non-hydrogen) atoms. The maximum atomic E-state index is 11.4. The van der Waals surface area contributed by atoms with Crippen molar-refractivity contribution < 1.29 is 9.90 Å². The lowest BCUT2D eigenvalue weighted by atomic mass is 10.0. The SMILES string of the molecule is O=C1CC(CO)C2CNCCN12. The van der Waals surface area contributed by atoms with E-state index in [-0.39, 0.29) is 24.5 Å². The number of aliphatic hydroxyl groups excluding tert-OH is 1. The van der Waals surface area contributed by atoms with Crippen molar-refractivity contribution in [2.75, 3.05) is 26.2 Å². The van der Waals surface area contributed by atoms with Crippen molar-refractivity contribution in [3.8, 4) is 0 Å². The lowest BCUT2D eigenvalue weighted by molar-refractivity contribution is -0.129. The minimum atomic E-state index is 0.134. The summed E-state index contributed by atoms with van der Waals surface area (Å²) >= 11 is 0. The Hall–Kier alpha value is -0.610. The summed E-state index contributed by atoms with van der Waals surface area (Å²) in [6, 6.07) is 0.247. The molecule has 68 valence electrons. The van der Waals surface area contributed by atoms with Gasteiger partial charge in [-0.3, -0.25) is 4.79 Å². The van der Waals surface area contributed by atoms with Crippen LogP contribution in [0.2, 0.25) is 0 Å². The van der Waals surface area contributed by atoms with Gasteiger partial charge in [0, 0.05) is 44.6 Å². The van der Waals surface area contributed by atoms with Gasteiger partial charge >= 0.3 is 0 Å². The van der Waals surface area contributed by atoms with Gasteiger partial charge in [-0.15, -0.1) is 0 Å². The molecule has 2 saturated heterocycles. The zero-order chi connectivity index (χ0) is 8.55. The Morgan fingerprint density at radius 3 is 3.25 bits per heavy atom. The molecule has 4 nitrogen and oxygen atoms in total. The van der Waals surface area contributed by atoms with Crippen LogP contribution in [0.3, 0.4) is 0 Å². The molecule has 2 aliphatic rings. The second-order valence-electron chi connectivity index (χ2n) is 3.51. The summed E-state index contributed by atoms with van der Waals surface area (Å²) in [6.07, 6.45) is 0.531. The second kappa shape index (κ2) is 3.03. The Labute approximate surface area is 71.5 Å². The molecule has 2 unspecified atom stereocenters. The van der Waals surface area contributed by atoms with Crippen LogP contribution in [0.4, 0.5) is 0 Å². The fourth-order valence-corrected chi connectivity index (χ4v) is 2.12. The molecular formula is C8H14N2O2. The van der Waals surface area contributed by atoms with Crippen molar-refractivity contribution in [2.24, 2.45) is 5.92 Å². The first kappa shape index (κ1) is 8.01. The molecule has 1 amide bonds. The Morgan fingerprint density at radius 1 is 1.67 bits per heavy atom. The fourth-order valence-electron chi connectivity index (χ4n) is 2.12. The first-order chi connectivity index (χ1) is 5.83. The third kappa shape index (κ3) is 1.11. The summed E-state index contributed by atoms with van der Waals surface area (Å²) < 4.78 is 0. The van der Waals surface area contributed by atoms with E-state index in [2.05, 4.69) is 5.32 Å². The number of aliphatic hydroxyl groups is 1. The number of amides is 1. The van der Waals surface area contributed by atoms with Crippen LogP contribution >= 0.6 is 0 Å².